The number of piperidine rings is 1. The maximum Gasteiger partial charge on any atom is 0.263 e. The molecular weight excluding hydrogens is 553 g/mol. The fraction of sp³-hybridized carbons (Fsp3) is 0.321. The minimum Gasteiger partial charge on any atom is -0.357 e. The highest BCUT2D eigenvalue weighted by atomic mass is 35.5. The van der Waals surface area contributed by atoms with Gasteiger partial charge in [-0.1, -0.05) is 23.2 Å². The van der Waals surface area contributed by atoms with Crippen molar-refractivity contribution >= 4 is 57.6 Å². The van der Waals surface area contributed by atoms with Crippen molar-refractivity contribution in [3.63, 3.8) is 0 Å². The molecule has 1 saturated heterocycles. The summed E-state index contributed by atoms with van der Waals surface area (Å²) in [5.74, 6) is 0.117. The van der Waals surface area contributed by atoms with Gasteiger partial charge in [-0.15, -0.1) is 0 Å². The fourth-order valence-electron chi connectivity index (χ4n) is 4.97. The summed E-state index contributed by atoms with van der Waals surface area (Å²) in [5.41, 5.74) is 2.59. The minimum absolute atomic E-state index is 0.129. The van der Waals surface area contributed by atoms with E-state index >= 15 is 0 Å². The van der Waals surface area contributed by atoms with Crippen LogP contribution < -0.4 is 21.1 Å². The third-order valence-corrected chi connectivity index (χ3v) is 7.87. The molecule has 10 nitrogen and oxygen atoms in total. The first kappa shape index (κ1) is 27.7. The molecule has 0 saturated carbocycles. The van der Waals surface area contributed by atoms with Gasteiger partial charge in [0.05, 0.1) is 28.6 Å². The average Bonchev–Trinajstić information content (AvgIpc) is 3.31. The second-order valence-electron chi connectivity index (χ2n) is 9.86. The summed E-state index contributed by atoms with van der Waals surface area (Å²) in [6.45, 7) is 3.44. The maximum absolute atomic E-state index is 13.2. The number of fused-ring (bicyclic) bond motifs is 1. The molecule has 4 heterocycles. The quantitative estimate of drug-likeness (QED) is 0.349. The van der Waals surface area contributed by atoms with E-state index in [1.54, 1.807) is 49.1 Å². The number of nitrogens with one attached hydrogen (secondary N) is 2. The van der Waals surface area contributed by atoms with Gasteiger partial charge < -0.3 is 24.7 Å². The van der Waals surface area contributed by atoms with Crippen LogP contribution in [0.4, 0.5) is 11.5 Å². The third kappa shape index (κ3) is 5.29. The lowest BCUT2D eigenvalue weighted by atomic mass is 9.99. The van der Waals surface area contributed by atoms with Crippen molar-refractivity contribution < 1.29 is 9.59 Å². The lowest BCUT2D eigenvalue weighted by molar-refractivity contribution is -0.116. The molecule has 0 aliphatic carbocycles. The van der Waals surface area contributed by atoms with Crippen LogP contribution in [0, 0.1) is 6.92 Å². The van der Waals surface area contributed by atoms with Gasteiger partial charge in [0.2, 0.25) is 5.91 Å². The number of pyridine rings is 1. The van der Waals surface area contributed by atoms with Crippen molar-refractivity contribution in [3.05, 3.63) is 68.4 Å². The van der Waals surface area contributed by atoms with Crippen molar-refractivity contribution in [1.82, 2.24) is 24.4 Å². The Labute approximate surface area is 240 Å². The molecular formula is C28H29Cl2N7O3. The Morgan fingerprint density at radius 2 is 1.80 bits per heavy atom. The highest BCUT2D eigenvalue weighted by Crippen LogP contribution is 2.33. The van der Waals surface area contributed by atoms with Crippen LogP contribution in [0.25, 0.3) is 22.2 Å². The van der Waals surface area contributed by atoms with E-state index in [4.69, 9.17) is 23.2 Å². The zero-order valence-corrected chi connectivity index (χ0v) is 23.9. The molecule has 1 aliphatic rings. The molecule has 1 aromatic carbocycles. The number of rotatable bonds is 6. The van der Waals surface area contributed by atoms with Crippen LogP contribution in [-0.4, -0.2) is 51.1 Å². The van der Waals surface area contributed by atoms with Gasteiger partial charge in [-0.25, -0.2) is 9.97 Å². The van der Waals surface area contributed by atoms with Crippen LogP contribution in [0.15, 0.2) is 41.7 Å². The predicted molar refractivity (Wildman–Crippen MR) is 157 cm³/mol. The first-order valence-corrected chi connectivity index (χ1v) is 13.7. The number of hydrogen-bond acceptors (Lipinski definition) is 6. The van der Waals surface area contributed by atoms with E-state index in [0.717, 1.165) is 31.7 Å². The number of benzene rings is 1. The number of carbonyl (C=O) groups is 2. The largest absolute Gasteiger partial charge is 0.357 e. The molecule has 2 N–H and O–H groups in total. The van der Waals surface area contributed by atoms with E-state index in [1.165, 1.54) is 24.4 Å². The van der Waals surface area contributed by atoms with E-state index in [1.807, 2.05) is 0 Å². The molecule has 0 radical (unpaired) electrons. The lowest BCUT2D eigenvalue weighted by Crippen LogP contribution is -2.30. The SMILES string of the molecule is CNC(=O)c1cc(-c2cn(CC(=O)Nc3cc(N4CCCCC4)ncc3Cl)c3ncn(C)c(=O)c23)cc(Cl)c1C. The molecule has 2 amide bonds. The Hall–Kier alpha value is -3.89. The average molecular weight is 582 g/mol. The molecule has 0 atom stereocenters. The summed E-state index contributed by atoms with van der Waals surface area (Å²) in [6.07, 6.45) is 8.02. The topological polar surface area (TPSA) is 114 Å². The van der Waals surface area contributed by atoms with E-state index in [0.29, 0.717) is 49.0 Å². The van der Waals surface area contributed by atoms with Crippen LogP contribution in [-0.2, 0) is 18.4 Å². The third-order valence-electron chi connectivity index (χ3n) is 7.17. The number of carbonyl (C=O) groups excluding carboxylic acids is 2. The first-order valence-electron chi connectivity index (χ1n) is 13.0. The number of nitrogens with zero attached hydrogens (tertiary/aromatic N) is 5. The van der Waals surface area contributed by atoms with Gasteiger partial charge in [-0.2, -0.15) is 0 Å². The lowest BCUT2D eigenvalue weighted by Gasteiger charge is -2.28. The Morgan fingerprint density at radius 3 is 2.52 bits per heavy atom. The van der Waals surface area contributed by atoms with Crippen molar-refractivity contribution in [3.8, 4) is 11.1 Å². The van der Waals surface area contributed by atoms with Gasteiger partial charge in [0.15, 0.2) is 0 Å². The van der Waals surface area contributed by atoms with Gasteiger partial charge in [0, 0.05) is 55.6 Å². The summed E-state index contributed by atoms with van der Waals surface area (Å²) in [4.78, 5) is 50.0. The number of anilines is 2. The van der Waals surface area contributed by atoms with Crippen LogP contribution in [0.2, 0.25) is 10.0 Å². The number of halogens is 2. The maximum atomic E-state index is 13.2. The minimum atomic E-state index is -0.350. The molecule has 0 spiro atoms. The Bertz CT molecular complexity index is 1690. The first-order chi connectivity index (χ1) is 19.2. The van der Waals surface area contributed by atoms with Gasteiger partial charge >= 0.3 is 0 Å². The Morgan fingerprint density at radius 1 is 1.05 bits per heavy atom. The smallest absolute Gasteiger partial charge is 0.263 e. The van der Waals surface area contributed by atoms with Gasteiger partial charge in [0.25, 0.3) is 11.5 Å². The number of hydrogen-bond donors (Lipinski definition) is 2. The zero-order chi connectivity index (χ0) is 28.6. The van der Waals surface area contributed by atoms with E-state index < -0.39 is 0 Å². The summed E-state index contributed by atoms with van der Waals surface area (Å²) < 4.78 is 2.97. The normalized spacial score (nSPS) is 13.5. The Kier molecular flexibility index (Phi) is 7.82. The van der Waals surface area contributed by atoms with Gasteiger partial charge in [0.1, 0.15) is 18.0 Å². The molecule has 12 heteroatoms. The van der Waals surface area contributed by atoms with Crippen LogP contribution in [0.1, 0.15) is 35.2 Å². The predicted octanol–water partition coefficient (Wildman–Crippen LogP) is 4.40. The van der Waals surface area contributed by atoms with Gasteiger partial charge in [-0.3, -0.25) is 14.4 Å². The van der Waals surface area contributed by atoms with Crippen molar-refractivity contribution in [2.45, 2.75) is 32.7 Å². The summed E-state index contributed by atoms with van der Waals surface area (Å²) in [7, 11) is 3.14. The van der Waals surface area contributed by atoms with E-state index in [2.05, 4.69) is 25.5 Å². The molecule has 3 aromatic heterocycles. The molecule has 0 unspecified atom stereocenters. The number of aryl methyl sites for hydroxylation is 1. The molecule has 0 bridgehead atoms. The van der Waals surface area contributed by atoms with Crippen LogP contribution in [0.5, 0.6) is 0 Å². The second-order valence-corrected chi connectivity index (χ2v) is 10.7. The van der Waals surface area contributed by atoms with Crippen molar-refractivity contribution in [1.29, 1.82) is 0 Å². The summed E-state index contributed by atoms with van der Waals surface area (Å²) in [5, 5.41) is 6.53. The molecule has 208 valence electrons. The summed E-state index contributed by atoms with van der Waals surface area (Å²) >= 11 is 12.9. The van der Waals surface area contributed by atoms with Crippen LogP contribution in [0.3, 0.4) is 0 Å². The number of amides is 2. The number of aromatic nitrogens is 4. The second kappa shape index (κ2) is 11.3. The fourth-order valence-corrected chi connectivity index (χ4v) is 5.34. The molecule has 1 aliphatic heterocycles. The highest BCUT2D eigenvalue weighted by molar-refractivity contribution is 6.33. The Balaban J connectivity index is 1.51. The van der Waals surface area contributed by atoms with Crippen LogP contribution >= 0.6 is 23.2 Å². The van der Waals surface area contributed by atoms with Crippen molar-refractivity contribution in [2.24, 2.45) is 7.05 Å². The van der Waals surface area contributed by atoms with E-state index in [-0.39, 0.29) is 23.9 Å². The highest BCUT2D eigenvalue weighted by Gasteiger charge is 2.21. The molecule has 5 rings (SSSR count). The molecule has 4 aromatic rings. The zero-order valence-electron chi connectivity index (χ0n) is 22.4. The van der Waals surface area contributed by atoms with Crippen molar-refractivity contribution in [2.75, 3.05) is 30.4 Å². The summed E-state index contributed by atoms with van der Waals surface area (Å²) in [6, 6.07) is 5.17. The van der Waals surface area contributed by atoms with E-state index in [9.17, 15) is 14.4 Å². The molecule has 1 fully saturated rings. The monoisotopic (exact) mass is 581 g/mol. The molecule has 40 heavy (non-hydrogen) atoms. The standard InChI is InChI=1S/C28H29Cl2N7O3/c1-16-18(27(39)31-2)9-17(10-20(16)29)19-13-37(26-25(19)28(40)35(3)15-33-26)14-24(38)34-22-11-23(32-12-21(22)30)36-7-5-4-6-8-36/h9-13,15H,4-8,14H2,1-3H3,(H,31,39)(H,32,34,38). The van der Waals surface area contributed by atoms with Gasteiger partial charge in [-0.05, 0) is 49.4 Å².